The molecule has 2 amide bonds. The summed E-state index contributed by atoms with van der Waals surface area (Å²) in [5, 5.41) is 0. The number of rotatable bonds is 4. The van der Waals surface area contributed by atoms with Crippen LogP contribution >= 0.6 is 11.8 Å². The van der Waals surface area contributed by atoms with Crippen molar-refractivity contribution in [3.8, 4) is 0 Å². The molecule has 0 unspecified atom stereocenters. The topological polar surface area (TPSA) is 58.2 Å². The Balaban J connectivity index is 1.81. The quantitative estimate of drug-likeness (QED) is 0.669. The van der Waals surface area contributed by atoms with Crippen molar-refractivity contribution < 1.29 is 9.59 Å². The molecule has 2 N–H and O–H groups in total. The molecule has 0 aliphatic carbocycles. The highest BCUT2D eigenvalue weighted by atomic mass is 32.2. The van der Waals surface area contributed by atoms with Gasteiger partial charge in [0.15, 0.2) is 0 Å². The summed E-state index contributed by atoms with van der Waals surface area (Å²) < 4.78 is 0. The maximum atomic E-state index is 11.9. The smallest absolute Gasteiger partial charge is 0.269 e. The molecule has 0 aromatic heterocycles. The minimum absolute atomic E-state index is 0.240. The average molecular weight is 328 g/mol. The van der Waals surface area contributed by atoms with Gasteiger partial charge in [0, 0.05) is 10.5 Å². The second-order valence-corrected chi connectivity index (χ2v) is 6.44. The van der Waals surface area contributed by atoms with E-state index in [2.05, 4.69) is 16.9 Å². The van der Waals surface area contributed by atoms with Crippen molar-refractivity contribution in [2.75, 3.05) is 5.75 Å². The lowest BCUT2D eigenvalue weighted by Gasteiger charge is -2.09. The molecule has 4 nitrogen and oxygen atoms in total. The molecule has 2 rings (SSSR count). The van der Waals surface area contributed by atoms with Gasteiger partial charge >= 0.3 is 0 Å². The van der Waals surface area contributed by atoms with Crippen LogP contribution in [0.1, 0.15) is 27.0 Å². The van der Waals surface area contributed by atoms with Crippen LogP contribution in [0.15, 0.2) is 47.4 Å². The Bertz CT molecular complexity index is 711. The average Bonchev–Trinajstić information content (AvgIpc) is 2.52. The molecule has 0 aliphatic rings. The predicted octanol–water partition coefficient (Wildman–Crippen LogP) is 3.17. The molecule has 0 heterocycles. The number of hydrogen-bond acceptors (Lipinski definition) is 3. The first-order valence-electron chi connectivity index (χ1n) is 7.31. The summed E-state index contributed by atoms with van der Waals surface area (Å²) in [6.45, 7) is 6.01. The van der Waals surface area contributed by atoms with E-state index in [1.54, 1.807) is 12.1 Å². The molecule has 0 atom stereocenters. The standard InChI is InChI=1S/C18H20N2O2S/c1-12-4-7-15(8-5-12)18(22)20-19-17(21)11-23-16-9-6-13(2)10-14(16)3/h4-10H,11H2,1-3H3,(H,19,21)(H,20,22). The number of hydrazine groups is 1. The van der Waals surface area contributed by atoms with Crippen molar-refractivity contribution in [3.05, 3.63) is 64.7 Å². The monoisotopic (exact) mass is 328 g/mol. The zero-order chi connectivity index (χ0) is 16.8. The first kappa shape index (κ1) is 17.1. The zero-order valence-electron chi connectivity index (χ0n) is 13.5. The van der Waals surface area contributed by atoms with E-state index in [1.807, 2.05) is 45.0 Å². The minimum Gasteiger partial charge on any atom is -0.272 e. The third-order valence-electron chi connectivity index (χ3n) is 3.32. The van der Waals surface area contributed by atoms with Crippen molar-refractivity contribution in [1.82, 2.24) is 10.9 Å². The van der Waals surface area contributed by atoms with Crippen LogP contribution in [0.4, 0.5) is 0 Å². The largest absolute Gasteiger partial charge is 0.272 e. The van der Waals surface area contributed by atoms with Gasteiger partial charge in [-0.05, 0) is 44.5 Å². The second-order valence-electron chi connectivity index (χ2n) is 5.43. The van der Waals surface area contributed by atoms with Gasteiger partial charge in [0.05, 0.1) is 5.75 Å². The van der Waals surface area contributed by atoms with Crippen LogP contribution in [0.25, 0.3) is 0 Å². The third kappa shape index (κ3) is 5.14. The van der Waals surface area contributed by atoms with Crippen LogP contribution in [0.5, 0.6) is 0 Å². The lowest BCUT2D eigenvalue weighted by atomic mass is 10.1. The van der Waals surface area contributed by atoms with E-state index in [4.69, 9.17) is 0 Å². The zero-order valence-corrected chi connectivity index (χ0v) is 14.3. The van der Waals surface area contributed by atoms with Gasteiger partial charge in [0.1, 0.15) is 0 Å². The highest BCUT2D eigenvalue weighted by molar-refractivity contribution is 8.00. The van der Waals surface area contributed by atoms with Crippen LogP contribution in [-0.2, 0) is 4.79 Å². The Morgan fingerprint density at radius 1 is 0.913 bits per heavy atom. The van der Waals surface area contributed by atoms with E-state index in [0.29, 0.717) is 5.56 Å². The highest BCUT2D eigenvalue weighted by Gasteiger charge is 2.08. The van der Waals surface area contributed by atoms with Gasteiger partial charge in [-0.15, -0.1) is 11.8 Å². The Morgan fingerprint density at radius 3 is 2.22 bits per heavy atom. The molecule has 0 radical (unpaired) electrons. The number of amides is 2. The molecule has 0 saturated heterocycles. The van der Waals surface area contributed by atoms with Crippen LogP contribution < -0.4 is 10.9 Å². The molecule has 0 fully saturated rings. The Hall–Kier alpha value is -2.27. The predicted molar refractivity (Wildman–Crippen MR) is 93.4 cm³/mol. The fraction of sp³-hybridized carbons (Fsp3) is 0.222. The van der Waals surface area contributed by atoms with Crippen LogP contribution in [0.3, 0.4) is 0 Å². The van der Waals surface area contributed by atoms with E-state index in [0.717, 1.165) is 16.0 Å². The minimum atomic E-state index is -0.324. The van der Waals surface area contributed by atoms with E-state index in [9.17, 15) is 9.59 Å². The van der Waals surface area contributed by atoms with E-state index in [-0.39, 0.29) is 17.6 Å². The Morgan fingerprint density at radius 2 is 1.57 bits per heavy atom. The summed E-state index contributed by atoms with van der Waals surface area (Å²) in [5.41, 5.74) is 8.80. The lowest BCUT2D eigenvalue weighted by Crippen LogP contribution is -2.42. The normalized spacial score (nSPS) is 10.2. The summed E-state index contributed by atoms with van der Waals surface area (Å²) in [6, 6.07) is 13.3. The van der Waals surface area contributed by atoms with Crippen LogP contribution in [-0.4, -0.2) is 17.6 Å². The molecule has 0 aliphatic heterocycles. The molecule has 0 bridgehead atoms. The molecule has 2 aromatic rings. The molecule has 2 aromatic carbocycles. The van der Waals surface area contributed by atoms with E-state index < -0.39 is 0 Å². The summed E-state index contributed by atoms with van der Waals surface area (Å²) in [6.07, 6.45) is 0. The highest BCUT2D eigenvalue weighted by Crippen LogP contribution is 2.22. The Kier molecular flexibility index (Phi) is 5.82. The van der Waals surface area contributed by atoms with Crippen molar-refractivity contribution in [2.45, 2.75) is 25.7 Å². The van der Waals surface area contributed by atoms with Crippen LogP contribution in [0.2, 0.25) is 0 Å². The number of hydrogen-bond donors (Lipinski definition) is 2. The number of carbonyl (C=O) groups excluding carboxylic acids is 2. The van der Waals surface area contributed by atoms with Gasteiger partial charge < -0.3 is 0 Å². The SMILES string of the molecule is Cc1ccc(C(=O)NNC(=O)CSc2ccc(C)cc2C)cc1. The number of aryl methyl sites for hydroxylation is 3. The first-order chi connectivity index (χ1) is 11.0. The van der Waals surface area contributed by atoms with Gasteiger partial charge in [-0.1, -0.05) is 35.4 Å². The molecule has 0 spiro atoms. The maximum Gasteiger partial charge on any atom is 0.269 e. The van der Waals surface area contributed by atoms with E-state index >= 15 is 0 Å². The number of benzene rings is 2. The third-order valence-corrected chi connectivity index (χ3v) is 4.49. The summed E-state index contributed by atoms with van der Waals surface area (Å²) in [4.78, 5) is 24.8. The molecule has 120 valence electrons. The number of carbonyl (C=O) groups is 2. The summed E-state index contributed by atoms with van der Waals surface area (Å²) in [7, 11) is 0. The van der Waals surface area contributed by atoms with Crippen molar-refractivity contribution >= 4 is 23.6 Å². The Labute approximate surface area is 140 Å². The fourth-order valence-corrected chi connectivity index (χ4v) is 2.85. The molecule has 5 heteroatoms. The van der Waals surface area contributed by atoms with Gasteiger partial charge in [-0.3, -0.25) is 20.4 Å². The fourth-order valence-electron chi connectivity index (χ4n) is 2.04. The lowest BCUT2D eigenvalue weighted by molar-refractivity contribution is -0.119. The van der Waals surface area contributed by atoms with Gasteiger partial charge in [0.25, 0.3) is 5.91 Å². The van der Waals surface area contributed by atoms with E-state index in [1.165, 1.54) is 17.3 Å². The molecule has 23 heavy (non-hydrogen) atoms. The van der Waals surface area contributed by atoms with Crippen molar-refractivity contribution in [1.29, 1.82) is 0 Å². The summed E-state index contributed by atoms with van der Waals surface area (Å²) in [5.74, 6) is -0.316. The summed E-state index contributed by atoms with van der Waals surface area (Å²) >= 11 is 1.45. The van der Waals surface area contributed by atoms with Crippen LogP contribution in [0, 0.1) is 20.8 Å². The van der Waals surface area contributed by atoms with Gasteiger partial charge in [-0.25, -0.2) is 0 Å². The van der Waals surface area contributed by atoms with Crippen molar-refractivity contribution in [3.63, 3.8) is 0 Å². The number of thioether (sulfide) groups is 1. The molecular weight excluding hydrogens is 308 g/mol. The van der Waals surface area contributed by atoms with Gasteiger partial charge in [0.2, 0.25) is 5.91 Å². The molecular formula is C18H20N2O2S. The van der Waals surface area contributed by atoms with Gasteiger partial charge in [-0.2, -0.15) is 0 Å². The van der Waals surface area contributed by atoms with Crippen molar-refractivity contribution in [2.24, 2.45) is 0 Å². The first-order valence-corrected chi connectivity index (χ1v) is 8.30. The number of nitrogens with one attached hydrogen (secondary N) is 2. The molecule has 0 saturated carbocycles. The second kappa shape index (κ2) is 7.83. The maximum absolute atomic E-state index is 11.9.